The van der Waals surface area contributed by atoms with Crippen LogP contribution in [0.25, 0.3) is 11.3 Å². The molecular formula is C12H14N4O4S. The van der Waals surface area contributed by atoms with E-state index in [1.807, 2.05) is 0 Å². The van der Waals surface area contributed by atoms with Gasteiger partial charge in [0.2, 0.25) is 10.5 Å². The van der Waals surface area contributed by atoms with Gasteiger partial charge in [0.1, 0.15) is 0 Å². The van der Waals surface area contributed by atoms with E-state index in [2.05, 4.69) is 10.2 Å². The predicted molar refractivity (Wildman–Crippen MR) is 78.9 cm³/mol. The van der Waals surface area contributed by atoms with E-state index < -0.39 is 5.56 Å². The summed E-state index contributed by atoms with van der Waals surface area (Å²) in [5.41, 5.74) is -0.0845. The number of aromatic amines is 1. The third-order valence-electron chi connectivity index (χ3n) is 2.86. The van der Waals surface area contributed by atoms with Gasteiger partial charge < -0.3 is 20.1 Å². The Morgan fingerprint density at radius 1 is 1.19 bits per heavy atom. The molecule has 0 atom stereocenters. The van der Waals surface area contributed by atoms with E-state index in [9.17, 15) is 4.79 Å². The first-order valence-corrected chi connectivity index (χ1v) is 6.22. The van der Waals surface area contributed by atoms with Gasteiger partial charge in [0.15, 0.2) is 17.2 Å². The summed E-state index contributed by atoms with van der Waals surface area (Å²) in [6.07, 6.45) is 0. The molecule has 0 unspecified atom stereocenters. The molecule has 2 rings (SSSR count). The number of aromatic nitrogens is 3. The molecule has 2 aromatic rings. The van der Waals surface area contributed by atoms with E-state index in [1.165, 1.54) is 21.3 Å². The monoisotopic (exact) mass is 310 g/mol. The van der Waals surface area contributed by atoms with Crippen LogP contribution in [0.4, 0.5) is 0 Å². The number of nitrogen functional groups attached to an aromatic ring is 1. The highest BCUT2D eigenvalue weighted by molar-refractivity contribution is 7.71. The summed E-state index contributed by atoms with van der Waals surface area (Å²) in [4.78, 5) is 12.2. The van der Waals surface area contributed by atoms with Gasteiger partial charge in [-0.1, -0.05) is 0 Å². The van der Waals surface area contributed by atoms with Crippen LogP contribution < -0.4 is 25.6 Å². The maximum atomic E-state index is 12.2. The molecule has 9 heteroatoms. The number of rotatable bonds is 4. The summed E-state index contributed by atoms with van der Waals surface area (Å²) < 4.78 is 16.6. The molecular weight excluding hydrogens is 296 g/mol. The van der Waals surface area contributed by atoms with Crippen molar-refractivity contribution in [1.82, 2.24) is 14.9 Å². The zero-order chi connectivity index (χ0) is 15.6. The zero-order valence-corrected chi connectivity index (χ0v) is 12.5. The Bertz CT molecular complexity index is 784. The number of methoxy groups -OCH3 is 3. The van der Waals surface area contributed by atoms with Crippen LogP contribution in [-0.2, 0) is 0 Å². The highest BCUT2D eigenvalue weighted by Crippen LogP contribution is 2.42. The van der Waals surface area contributed by atoms with Gasteiger partial charge in [0, 0.05) is 0 Å². The van der Waals surface area contributed by atoms with Crippen LogP contribution in [-0.4, -0.2) is 36.2 Å². The number of benzene rings is 1. The van der Waals surface area contributed by atoms with Crippen molar-refractivity contribution < 1.29 is 14.2 Å². The van der Waals surface area contributed by atoms with Gasteiger partial charge >= 0.3 is 0 Å². The van der Waals surface area contributed by atoms with Crippen molar-refractivity contribution in [3.63, 3.8) is 0 Å². The second-order valence-corrected chi connectivity index (χ2v) is 4.32. The van der Waals surface area contributed by atoms with Gasteiger partial charge in [-0.25, -0.2) is 0 Å². The molecule has 0 fully saturated rings. The molecule has 112 valence electrons. The number of H-pyrrole nitrogens is 1. The summed E-state index contributed by atoms with van der Waals surface area (Å²) in [6, 6.07) is 3.26. The molecule has 0 bridgehead atoms. The lowest BCUT2D eigenvalue weighted by Gasteiger charge is -2.15. The first-order chi connectivity index (χ1) is 10.0. The van der Waals surface area contributed by atoms with Crippen LogP contribution in [0.3, 0.4) is 0 Å². The second kappa shape index (κ2) is 5.83. The standard InChI is InChI=1S/C12H14N4O4S/c1-18-7-5-4-6(9(19-2)10(7)20-3)8-11(17)16(13)12(21)15-14-8/h4-5H,13H2,1-3H3,(H,15,21). The van der Waals surface area contributed by atoms with Crippen LogP contribution in [0, 0.1) is 4.77 Å². The van der Waals surface area contributed by atoms with Gasteiger partial charge in [-0.05, 0) is 24.4 Å². The topological polar surface area (TPSA) is 104 Å². The van der Waals surface area contributed by atoms with E-state index in [0.29, 0.717) is 22.8 Å². The molecule has 3 N–H and O–H groups in total. The number of hydrogen-bond donors (Lipinski definition) is 2. The van der Waals surface area contributed by atoms with Crippen molar-refractivity contribution in [2.24, 2.45) is 0 Å². The van der Waals surface area contributed by atoms with Crippen molar-refractivity contribution in [2.75, 3.05) is 27.2 Å². The van der Waals surface area contributed by atoms with Gasteiger partial charge in [-0.15, -0.1) is 0 Å². The van der Waals surface area contributed by atoms with Crippen LogP contribution in [0.1, 0.15) is 0 Å². The molecule has 1 heterocycles. The third kappa shape index (κ3) is 2.42. The van der Waals surface area contributed by atoms with E-state index in [1.54, 1.807) is 12.1 Å². The second-order valence-electron chi connectivity index (χ2n) is 3.93. The molecule has 1 aromatic heterocycles. The Morgan fingerprint density at radius 3 is 2.43 bits per heavy atom. The molecule has 0 aliphatic heterocycles. The molecule has 0 spiro atoms. The maximum Gasteiger partial charge on any atom is 0.299 e. The molecule has 0 aliphatic carbocycles. The first-order valence-electron chi connectivity index (χ1n) is 5.81. The molecule has 1 aromatic carbocycles. The number of hydrogen-bond acceptors (Lipinski definition) is 7. The third-order valence-corrected chi connectivity index (χ3v) is 3.15. The zero-order valence-electron chi connectivity index (χ0n) is 11.7. The van der Waals surface area contributed by atoms with E-state index in [0.717, 1.165) is 4.68 Å². The Balaban J connectivity index is 2.79. The van der Waals surface area contributed by atoms with Crippen molar-refractivity contribution >= 4 is 12.2 Å². The van der Waals surface area contributed by atoms with Gasteiger partial charge in [0.05, 0.1) is 26.9 Å². The Hall–Kier alpha value is -2.55. The van der Waals surface area contributed by atoms with Gasteiger partial charge in [0.25, 0.3) is 5.56 Å². The van der Waals surface area contributed by atoms with E-state index >= 15 is 0 Å². The Morgan fingerprint density at radius 2 is 1.86 bits per heavy atom. The van der Waals surface area contributed by atoms with E-state index in [4.69, 9.17) is 32.3 Å². The molecule has 0 saturated carbocycles. The lowest BCUT2D eigenvalue weighted by Crippen LogP contribution is -2.31. The molecule has 0 saturated heterocycles. The smallest absolute Gasteiger partial charge is 0.299 e. The van der Waals surface area contributed by atoms with Crippen LogP contribution in [0.2, 0.25) is 0 Å². The Kier molecular flexibility index (Phi) is 4.13. The number of nitrogens with one attached hydrogen (secondary N) is 1. The molecule has 8 nitrogen and oxygen atoms in total. The lowest BCUT2D eigenvalue weighted by atomic mass is 10.1. The van der Waals surface area contributed by atoms with Gasteiger partial charge in [-0.2, -0.15) is 9.77 Å². The molecule has 21 heavy (non-hydrogen) atoms. The molecule has 0 amide bonds. The first kappa shape index (κ1) is 14.9. The maximum absolute atomic E-state index is 12.2. The number of ether oxygens (including phenoxy) is 3. The SMILES string of the molecule is COc1ccc(-c2n[nH]c(=S)n(N)c2=O)c(OC)c1OC. The quantitative estimate of drug-likeness (QED) is 0.633. The number of nitrogens with two attached hydrogens (primary N) is 1. The predicted octanol–water partition coefficient (Wildman–Crippen LogP) is 0.707. The van der Waals surface area contributed by atoms with Crippen molar-refractivity contribution in [2.45, 2.75) is 0 Å². The Labute approximate surface area is 125 Å². The largest absolute Gasteiger partial charge is 0.493 e. The minimum absolute atomic E-state index is 0.0168. The molecule has 0 aliphatic rings. The fourth-order valence-corrected chi connectivity index (χ4v) is 2.00. The summed E-state index contributed by atoms with van der Waals surface area (Å²) in [5, 5.41) is 6.43. The van der Waals surface area contributed by atoms with Crippen LogP contribution in [0.5, 0.6) is 17.2 Å². The molecule has 0 radical (unpaired) electrons. The summed E-state index contributed by atoms with van der Waals surface area (Å²) in [7, 11) is 4.42. The minimum atomic E-state index is -0.552. The van der Waals surface area contributed by atoms with Gasteiger partial charge in [-0.3, -0.25) is 9.89 Å². The average Bonchev–Trinajstić information content (AvgIpc) is 2.51. The average molecular weight is 310 g/mol. The van der Waals surface area contributed by atoms with E-state index in [-0.39, 0.29) is 10.5 Å². The van der Waals surface area contributed by atoms with Crippen molar-refractivity contribution in [3.8, 4) is 28.5 Å². The fraction of sp³-hybridized carbons (Fsp3) is 0.250. The number of nitrogens with zero attached hydrogens (tertiary/aromatic N) is 2. The van der Waals surface area contributed by atoms with Crippen molar-refractivity contribution in [3.05, 3.63) is 27.3 Å². The van der Waals surface area contributed by atoms with Crippen molar-refractivity contribution in [1.29, 1.82) is 0 Å². The van der Waals surface area contributed by atoms with Crippen LogP contribution in [0.15, 0.2) is 16.9 Å². The minimum Gasteiger partial charge on any atom is -0.493 e. The lowest BCUT2D eigenvalue weighted by molar-refractivity contribution is 0.325. The summed E-state index contributed by atoms with van der Waals surface area (Å²) in [6.45, 7) is 0. The highest BCUT2D eigenvalue weighted by atomic mass is 32.1. The normalized spacial score (nSPS) is 10.2. The highest BCUT2D eigenvalue weighted by Gasteiger charge is 2.20. The fourth-order valence-electron chi connectivity index (χ4n) is 1.87. The van der Waals surface area contributed by atoms with Crippen LogP contribution >= 0.6 is 12.2 Å². The summed E-state index contributed by atoms with van der Waals surface area (Å²) in [5.74, 6) is 6.70. The summed E-state index contributed by atoms with van der Waals surface area (Å²) >= 11 is 4.84.